The molecule has 0 aliphatic rings. The molecule has 0 amide bonds. The quantitative estimate of drug-likeness (QED) is 0.273. The lowest BCUT2D eigenvalue weighted by atomic mass is 10.1. The molecule has 0 bridgehead atoms. The number of para-hydroxylation sites is 2. The molecule has 0 fully saturated rings. The summed E-state index contributed by atoms with van der Waals surface area (Å²) in [6.07, 6.45) is 2.55. The van der Waals surface area contributed by atoms with E-state index in [0.717, 1.165) is 26.5 Å². The lowest BCUT2D eigenvalue weighted by molar-refractivity contribution is -0.134. The van der Waals surface area contributed by atoms with E-state index in [1.165, 1.54) is 0 Å². The largest absolute Gasteiger partial charge is 0.426 e. The summed E-state index contributed by atoms with van der Waals surface area (Å²) < 4.78 is 8.07. The molecule has 0 atom stereocenters. The maximum Gasteiger partial charge on any atom is 0.311 e. The monoisotopic (exact) mass is 461 g/mol. The second-order valence-electron chi connectivity index (χ2n) is 7.09. The van der Waals surface area contributed by atoms with E-state index in [1.807, 2.05) is 67.7 Å². The second-order valence-corrected chi connectivity index (χ2v) is 8.01. The Labute approximate surface area is 183 Å². The highest BCUT2D eigenvalue weighted by molar-refractivity contribution is 9.10. The van der Waals surface area contributed by atoms with E-state index in [9.17, 15) is 9.59 Å². The van der Waals surface area contributed by atoms with Gasteiger partial charge in [0.2, 0.25) is 0 Å². The highest BCUT2D eigenvalue weighted by atomic mass is 79.9. The van der Waals surface area contributed by atoms with Gasteiger partial charge in [0.1, 0.15) is 5.75 Å². The van der Waals surface area contributed by atoms with Crippen molar-refractivity contribution < 1.29 is 14.3 Å². The molecular weight excluding hydrogens is 442 g/mol. The fraction of sp³-hybridized carbons (Fsp3) is 0.120. The van der Waals surface area contributed by atoms with Gasteiger partial charge in [0, 0.05) is 21.6 Å². The van der Waals surface area contributed by atoms with Crippen LogP contribution in [0.4, 0.5) is 0 Å². The molecular formula is C25H20BrNO3. The van der Waals surface area contributed by atoms with Crippen LogP contribution in [0, 0.1) is 6.92 Å². The Kier molecular flexibility index (Phi) is 5.81. The topological polar surface area (TPSA) is 48.3 Å². The Balaban J connectivity index is 1.56. The maximum absolute atomic E-state index is 13.1. The first-order valence-corrected chi connectivity index (χ1v) is 10.5. The molecule has 1 aromatic heterocycles. The highest BCUT2D eigenvalue weighted by Crippen LogP contribution is 2.25. The lowest BCUT2D eigenvalue weighted by Gasteiger charge is -2.06. The molecule has 0 spiro atoms. The molecule has 3 aromatic carbocycles. The van der Waals surface area contributed by atoms with Gasteiger partial charge in [0.15, 0.2) is 0 Å². The first-order chi connectivity index (χ1) is 14.5. The fourth-order valence-electron chi connectivity index (χ4n) is 3.43. The van der Waals surface area contributed by atoms with Crippen LogP contribution in [0.3, 0.4) is 0 Å². The zero-order valence-electron chi connectivity index (χ0n) is 16.5. The molecule has 5 heteroatoms. The third kappa shape index (κ3) is 4.21. The normalized spacial score (nSPS) is 10.9. The Morgan fingerprint density at radius 3 is 2.40 bits per heavy atom. The van der Waals surface area contributed by atoms with Gasteiger partial charge in [-0.15, -0.1) is 0 Å². The van der Waals surface area contributed by atoms with Crippen LogP contribution in [-0.2, 0) is 11.2 Å². The van der Waals surface area contributed by atoms with Crippen LogP contribution < -0.4 is 4.74 Å². The first kappa shape index (κ1) is 20.1. The van der Waals surface area contributed by atoms with Gasteiger partial charge >= 0.3 is 5.97 Å². The van der Waals surface area contributed by atoms with Crippen LogP contribution in [0.25, 0.3) is 10.9 Å². The minimum absolute atomic E-state index is 0.104. The van der Waals surface area contributed by atoms with Gasteiger partial charge in [-0.3, -0.25) is 14.2 Å². The summed E-state index contributed by atoms with van der Waals surface area (Å²) in [6, 6.07) is 22.5. The molecule has 1 heterocycles. The van der Waals surface area contributed by atoms with E-state index in [2.05, 4.69) is 15.9 Å². The van der Waals surface area contributed by atoms with Crippen molar-refractivity contribution in [1.82, 2.24) is 4.57 Å². The number of aryl methyl sites for hydroxylation is 2. The molecule has 0 aliphatic heterocycles. The smallest absolute Gasteiger partial charge is 0.311 e. The highest BCUT2D eigenvalue weighted by Gasteiger charge is 2.16. The molecule has 150 valence electrons. The van der Waals surface area contributed by atoms with Gasteiger partial charge in [-0.25, -0.2) is 0 Å². The minimum Gasteiger partial charge on any atom is -0.426 e. The van der Waals surface area contributed by atoms with Gasteiger partial charge in [-0.2, -0.15) is 0 Å². The summed E-state index contributed by atoms with van der Waals surface area (Å²) >= 11 is 3.39. The molecule has 0 N–H and O–H groups in total. The van der Waals surface area contributed by atoms with Crippen LogP contribution >= 0.6 is 15.9 Å². The minimum atomic E-state index is -0.291. The molecule has 0 saturated carbocycles. The SMILES string of the molecule is Cc1ccccc1OC(=O)CCc1cn(C(=O)c2ccc(Br)cc2)c2ccccc12. The number of carbonyl (C=O) groups is 2. The van der Waals surface area contributed by atoms with E-state index in [1.54, 1.807) is 22.8 Å². The lowest BCUT2D eigenvalue weighted by Crippen LogP contribution is -2.11. The van der Waals surface area contributed by atoms with Crippen molar-refractivity contribution in [3.05, 3.63) is 100 Å². The second kappa shape index (κ2) is 8.67. The number of ether oxygens (including phenoxy) is 1. The van der Waals surface area contributed by atoms with Crippen molar-refractivity contribution in [2.24, 2.45) is 0 Å². The number of hydrogen-bond acceptors (Lipinski definition) is 3. The van der Waals surface area contributed by atoms with Gasteiger partial charge in [-0.1, -0.05) is 52.3 Å². The number of fused-ring (bicyclic) bond motifs is 1. The zero-order chi connectivity index (χ0) is 21.1. The van der Waals surface area contributed by atoms with Gasteiger partial charge in [0.25, 0.3) is 5.91 Å². The average Bonchev–Trinajstić information content (AvgIpc) is 3.13. The van der Waals surface area contributed by atoms with Crippen LogP contribution in [-0.4, -0.2) is 16.4 Å². The van der Waals surface area contributed by atoms with Gasteiger partial charge in [0.05, 0.1) is 11.9 Å². The number of esters is 1. The summed E-state index contributed by atoms with van der Waals surface area (Å²) in [4.78, 5) is 25.4. The summed E-state index contributed by atoms with van der Waals surface area (Å²) in [7, 11) is 0. The number of halogens is 1. The van der Waals surface area contributed by atoms with E-state index >= 15 is 0 Å². The molecule has 4 aromatic rings. The molecule has 0 aliphatic carbocycles. The van der Waals surface area contributed by atoms with Crippen molar-refractivity contribution in [2.75, 3.05) is 0 Å². The summed E-state index contributed by atoms with van der Waals surface area (Å²) in [5.74, 6) is 0.183. The Morgan fingerprint density at radius 1 is 0.933 bits per heavy atom. The van der Waals surface area contributed by atoms with Crippen LogP contribution in [0.1, 0.15) is 27.9 Å². The molecule has 0 radical (unpaired) electrons. The van der Waals surface area contributed by atoms with Crippen LogP contribution in [0.15, 0.2) is 83.5 Å². The average molecular weight is 462 g/mol. The fourth-order valence-corrected chi connectivity index (χ4v) is 3.69. The van der Waals surface area contributed by atoms with Crippen molar-refractivity contribution >= 4 is 38.7 Å². The Morgan fingerprint density at radius 2 is 1.63 bits per heavy atom. The Hall–Kier alpha value is -3.18. The van der Waals surface area contributed by atoms with Gasteiger partial charge in [-0.05, 0) is 60.9 Å². The number of rotatable bonds is 5. The molecule has 30 heavy (non-hydrogen) atoms. The Bertz CT molecular complexity index is 1220. The van der Waals surface area contributed by atoms with E-state index in [0.29, 0.717) is 17.7 Å². The predicted molar refractivity (Wildman–Crippen MR) is 121 cm³/mol. The predicted octanol–water partition coefficient (Wildman–Crippen LogP) is 5.94. The number of aromatic nitrogens is 1. The number of hydrogen-bond donors (Lipinski definition) is 0. The summed E-state index contributed by atoms with van der Waals surface area (Å²) in [5, 5.41) is 0.964. The summed E-state index contributed by atoms with van der Waals surface area (Å²) in [5.41, 5.74) is 3.29. The molecule has 4 nitrogen and oxygen atoms in total. The van der Waals surface area contributed by atoms with E-state index < -0.39 is 0 Å². The van der Waals surface area contributed by atoms with Crippen LogP contribution in [0.5, 0.6) is 5.75 Å². The third-order valence-electron chi connectivity index (χ3n) is 5.02. The maximum atomic E-state index is 13.1. The standard InChI is InChI=1S/C25H20BrNO3/c1-17-6-2-5-9-23(17)30-24(28)15-12-19-16-27(22-8-4-3-7-21(19)22)25(29)18-10-13-20(26)14-11-18/h2-11,13-14,16H,12,15H2,1H3. The molecule has 0 unspecified atom stereocenters. The first-order valence-electron chi connectivity index (χ1n) is 9.68. The molecule has 4 rings (SSSR count). The zero-order valence-corrected chi connectivity index (χ0v) is 18.1. The van der Waals surface area contributed by atoms with E-state index in [4.69, 9.17) is 4.74 Å². The number of carbonyl (C=O) groups excluding carboxylic acids is 2. The molecule has 0 saturated heterocycles. The van der Waals surface area contributed by atoms with Crippen molar-refractivity contribution in [1.29, 1.82) is 0 Å². The number of benzene rings is 3. The van der Waals surface area contributed by atoms with Gasteiger partial charge < -0.3 is 4.74 Å². The van der Waals surface area contributed by atoms with Crippen LogP contribution in [0.2, 0.25) is 0 Å². The van der Waals surface area contributed by atoms with Crippen molar-refractivity contribution in [3.63, 3.8) is 0 Å². The van der Waals surface area contributed by atoms with Crippen molar-refractivity contribution in [3.8, 4) is 5.75 Å². The number of nitrogens with zero attached hydrogens (tertiary/aromatic N) is 1. The summed E-state index contributed by atoms with van der Waals surface area (Å²) in [6.45, 7) is 1.91. The van der Waals surface area contributed by atoms with Crippen molar-refractivity contribution in [2.45, 2.75) is 19.8 Å². The van der Waals surface area contributed by atoms with E-state index in [-0.39, 0.29) is 18.3 Å². The third-order valence-corrected chi connectivity index (χ3v) is 5.55.